The number of aryl methyl sites for hydroxylation is 2. The SMILES string of the molecule is [2H]C1([2H])N(CC(=O)Nc2c(C)cccc2C)C([2H])([2H])C([2H])([2H])N(CC(O)COc2ccccc2OC)C1([2H])[2H]. The third-order valence-corrected chi connectivity index (χ3v) is 4.58. The number of anilines is 1. The smallest absolute Gasteiger partial charge is 0.238 e. The molecule has 1 unspecified atom stereocenters. The van der Waals surface area contributed by atoms with Gasteiger partial charge in [0.05, 0.1) is 13.7 Å². The molecule has 1 aliphatic rings. The molecule has 0 radical (unpaired) electrons. The monoisotopic (exact) mass is 435 g/mol. The van der Waals surface area contributed by atoms with Gasteiger partial charge in [0, 0.05) is 49.2 Å². The summed E-state index contributed by atoms with van der Waals surface area (Å²) in [4.78, 5) is 13.5. The fourth-order valence-electron chi connectivity index (χ4n) is 2.99. The van der Waals surface area contributed by atoms with Gasteiger partial charge in [0.2, 0.25) is 5.91 Å². The molecule has 0 saturated carbocycles. The van der Waals surface area contributed by atoms with E-state index in [9.17, 15) is 9.90 Å². The molecule has 3 rings (SSSR count). The van der Waals surface area contributed by atoms with E-state index in [1.807, 2.05) is 0 Å². The summed E-state index contributed by atoms with van der Waals surface area (Å²) in [6.07, 6.45) is -1.54. The lowest BCUT2D eigenvalue weighted by molar-refractivity contribution is -0.117. The molecule has 0 aromatic heterocycles. The quantitative estimate of drug-likeness (QED) is 0.630. The molecule has 1 atom stereocenters. The fourth-order valence-corrected chi connectivity index (χ4v) is 2.99. The Hall–Kier alpha value is -2.61. The van der Waals surface area contributed by atoms with Gasteiger partial charge in [-0.05, 0) is 37.1 Å². The predicted octanol–water partition coefficient (Wildman–Crippen LogP) is 2.31. The van der Waals surface area contributed by atoms with Gasteiger partial charge in [-0.3, -0.25) is 14.6 Å². The average molecular weight is 436 g/mol. The molecule has 1 amide bonds. The molecule has 2 aromatic rings. The van der Waals surface area contributed by atoms with Crippen LogP contribution in [0.3, 0.4) is 0 Å². The van der Waals surface area contributed by atoms with Gasteiger partial charge in [-0.2, -0.15) is 0 Å². The van der Waals surface area contributed by atoms with Gasteiger partial charge in [0.15, 0.2) is 11.5 Å². The lowest BCUT2D eigenvalue weighted by atomic mass is 10.1. The second-order valence-electron chi connectivity index (χ2n) is 7.07. The summed E-state index contributed by atoms with van der Waals surface area (Å²) in [6, 6.07) is 11.9. The highest BCUT2D eigenvalue weighted by molar-refractivity contribution is 5.93. The van der Waals surface area contributed by atoms with Crippen LogP contribution in [0.25, 0.3) is 0 Å². The number of β-amino-alcohol motifs (C(OH)–C–C–N with tert-alkyl or cyclic N) is 1. The molecule has 0 spiro atoms. The highest BCUT2D eigenvalue weighted by Crippen LogP contribution is 2.25. The number of hydrogen-bond donors (Lipinski definition) is 2. The fraction of sp³-hybridized carbons (Fsp3) is 0.458. The lowest BCUT2D eigenvalue weighted by Crippen LogP contribution is -2.50. The maximum atomic E-state index is 12.9. The van der Waals surface area contributed by atoms with Crippen molar-refractivity contribution in [3.63, 3.8) is 0 Å². The molecule has 1 saturated heterocycles. The molecule has 0 bridgehead atoms. The van der Waals surface area contributed by atoms with E-state index in [0.717, 1.165) is 0 Å². The Kier molecular flexibility index (Phi) is 5.19. The highest BCUT2D eigenvalue weighted by atomic mass is 16.5. The molecule has 2 N–H and O–H groups in total. The summed E-state index contributed by atoms with van der Waals surface area (Å²) in [5.74, 6) is -0.197. The van der Waals surface area contributed by atoms with Crippen LogP contribution in [0.1, 0.15) is 22.1 Å². The van der Waals surface area contributed by atoms with Crippen molar-refractivity contribution in [2.45, 2.75) is 20.0 Å². The van der Waals surface area contributed by atoms with Crippen molar-refractivity contribution in [3.05, 3.63) is 53.6 Å². The van der Waals surface area contributed by atoms with Gasteiger partial charge in [-0.15, -0.1) is 0 Å². The molecule has 0 aliphatic carbocycles. The van der Waals surface area contributed by atoms with Crippen molar-refractivity contribution >= 4 is 11.6 Å². The van der Waals surface area contributed by atoms with E-state index in [1.165, 1.54) is 7.11 Å². The molecule has 7 heteroatoms. The first-order chi connectivity index (χ1) is 18.0. The summed E-state index contributed by atoms with van der Waals surface area (Å²) in [5, 5.41) is 13.2. The van der Waals surface area contributed by atoms with Crippen LogP contribution in [0.4, 0.5) is 5.69 Å². The predicted molar refractivity (Wildman–Crippen MR) is 122 cm³/mol. The molecule has 168 valence electrons. The maximum absolute atomic E-state index is 12.9. The first-order valence-electron chi connectivity index (χ1n) is 13.8. The zero-order valence-electron chi connectivity index (χ0n) is 25.8. The van der Waals surface area contributed by atoms with Crippen LogP contribution in [0.15, 0.2) is 42.5 Å². The summed E-state index contributed by atoms with van der Waals surface area (Å²) in [6.45, 7) is -11.4. The molecule has 1 heterocycles. The van der Waals surface area contributed by atoms with E-state index < -0.39 is 57.7 Å². The number of benzene rings is 2. The molecular formula is C24H33N3O4. The van der Waals surface area contributed by atoms with Crippen molar-refractivity contribution < 1.29 is 30.3 Å². The average Bonchev–Trinajstić information content (AvgIpc) is 2.85. The maximum Gasteiger partial charge on any atom is 0.238 e. The van der Waals surface area contributed by atoms with E-state index in [-0.39, 0.29) is 10.6 Å². The number of rotatable bonds is 9. The minimum Gasteiger partial charge on any atom is -0.493 e. The zero-order chi connectivity index (χ0) is 29.4. The molecule has 7 nitrogen and oxygen atoms in total. The van der Waals surface area contributed by atoms with Crippen LogP contribution >= 0.6 is 0 Å². The van der Waals surface area contributed by atoms with E-state index in [0.29, 0.717) is 27.5 Å². The molecule has 1 fully saturated rings. The Morgan fingerprint density at radius 2 is 1.68 bits per heavy atom. The van der Waals surface area contributed by atoms with Gasteiger partial charge in [-0.25, -0.2) is 0 Å². The number of ether oxygens (including phenoxy) is 2. The Morgan fingerprint density at radius 3 is 2.32 bits per heavy atom. The van der Waals surface area contributed by atoms with Crippen LogP contribution in [-0.4, -0.2) is 79.7 Å². The Morgan fingerprint density at radius 1 is 1.06 bits per heavy atom. The third kappa shape index (κ3) is 6.69. The van der Waals surface area contributed by atoms with E-state index in [2.05, 4.69) is 5.32 Å². The second kappa shape index (κ2) is 11.1. The lowest BCUT2D eigenvalue weighted by Gasteiger charge is -2.35. The first-order valence-corrected chi connectivity index (χ1v) is 9.84. The molecule has 2 aromatic carbocycles. The summed E-state index contributed by atoms with van der Waals surface area (Å²) in [5.41, 5.74) is 1.88. The van der Waals surface area contributed by atoms with Crippen molar-refractivity contribution in [3.8, 4) is 11.5 Å². The number of carbonyl (C=O) groups excluding carboxylic acids is 1. The number of aliphatic hydroxyl groups is 1. The summed E-state index contributed by atoms with van der Waals surface area (Å²) >= 11 is 0. The number of aliphatic hydroxyl groups excluding tert-OH is 1. The molecular weight excluding hydrogens is 394 g/mol. The number of nitrogens with zero attached hydrogens (tertiary/aromatic N) is 2. The first kappa shape index (κ1) is 14.5. The largest absolute Gasteiger partial charge is 0.493 e. The number of nitrogens with one attached hydrogen (secondary N) is 1. The van der Waals surface area contributed by atoms with Gasteiger partial charge in [0.25, 0.3) is 0 Å². The summed E-state index contributed by atoms with van der Waals surface area (Å²) in [7, 11) is 1.42. The van der Waals surface area contributed by atoms with Gasteiger partial charge in [0.1, 0.15) is 12.7 Å². The van der Waals surface area contributed by atoms with Crippen LogP contribution in [-0.2, 0) is 4.79 Å². The number of piperazine rings is 1. The number of para-hydroxylation sites is 3. The zero-order valence-corrected chi connectivity index (χ0v) is 17.8. The minimum absolute atomic E-state index is 0.247. The number of hydrogen-bond acceptors (Lipinski definition) is 6. The van der Waals surface area contributed by atoms with Gasteiger partial charge < -0.3 is 19.9 Å². The van der Waals surface area contributed by atoms with Crippen LogP contribution < -0.4 is 14.8 Å². The van der Waals surface area contributed by atoms with E-state index in [1.54, 1.807) is 56.3 Å². The van der Waals surface area contributed by atoms with E-state index in [4.69, 9.17) is 20.4 Å². The van der Waals surface area contributed by atoms with Crippen molar-refractivity contribution in [2.24, 2.45) is 0 Å². The Labute approximate surface area is 195 Å². The normalized spacial score (nSPS) is 26.3. The highest BCUT2D eigenvalue weighted by Gasteiger charge is 2.21. The van der Waals surface area contributed by atoms with Gasteiger partial charge >= 0.3 is 0 Å². The van der Waals surface area contributed by atoms with Gasteiger partial charge in [-0.1, -0.05) is 30.3 Å². The summed E-state index contributed by atoms with van der Waals surface area (Å²) < 4.78 is 78.7. The Balaban J connectivity index is 1.83. The van der Waals surface area contributed by atoms with Crippen molar-refractivity contribution in [2.75, 3.05) is 58.1 Å². The van der Waals surface area contributed by atoms with Crippen LogP contribution in [0.2, 0.25) is 0 Å². The molecule has 1 aliphatic heterocycles. The third-order valence-electron chi connectivity index (χ3n) is 4.58. The number of methoxy groups -OCH3 is 1. The van der Waals surface area contributed by atoms with Crippen LogP contribution in [0.5, 0.6) is 11.5 Å². The molecule has 31 heavy (non-hydrogen) atoms. The Bertz CT molecular complexity index is 1150. The van der Waals surface area contributed by atoms with E-state index >= 15 is 0 Å². The van der Waals surface area contributed by atoms with Crippen LogP contribution in [0, 0.1) is 13.8 Å². The number of amides is 1. The van der Waals surface area contributed by atoms with Crippen molar-refractivity contribution in [1.82, 2.24) is 9.80 Å². The second-order valence-corrected chi connectivity index (χ2v) is 7.07. The topological polar surface area (TPSA) is 74.3 Å². The minimum atomic E-state index is -3.19. The number of carbonyl (C=O) groups is 1. The standard InChI is InChI=1S/C24H33N3O4/c1-18-7-6-8-19(2)24(18)25-23(29)16-27-13-11-26(12-14-27)15-20(28)17-31-22-10-5-4-9-21(22)30-3/h4-10,20,28H,11-17H2,1-3H3,(H,25,29)/i11D2,12D2,13D2,14D2. The van der Waals surface area contributed by atoms with Crippen molar-refractivity contribution in [1.29, 1.82) is 0 Å².